The van der Waals surface area contributed by atoms with E-state index in [2.05, 4.69) is 31.2 Å². The molecule has 0 saturated carbocycles. The number of aryl methyl sites for hydroxylation is 1. The Morgan fingerprint density at radius 2 is 1.88 bits per heavy atom. The molecule has 0 spiro atoms. The van der Waals surface area contributed by atoms with Crippen LogP contribution in [-0.4, -0.2) is 62.6 Å². The zero-order chi connectivity index (χ0) is 17.7. The zero-order valence-electron chi connectivity index (χ0n) is 15.6. The number of guanidine groups is 1. The Hall–Kier alpha value is -1.39. The molecule has 7 nitrogen and oxygen atoms in total. The van der Waals surface area contributed by atoms with E-state index < -0.39 is 0 Å². The van der Waals surface area contributed by atoms with Crippen LogP contribution in [0.5, 0.6) is 0 Å². The minimum absolute atomic E-state index is 0. The summed E-state index contributed by atoms with van der Waals surface area (Å²) >= 11 is 0. The fourth-order valence-corrected chi connectivity index (χ4v) is 2.49. The summed E-state index contributed by atoms with van der Waals surface area (Å²) in [6.07, 6.45) is 3.84. The van der Waals surface area contributed by atoms with Crippen molar-refractivity contribution in [3.05, 3.63) is 30.6 Å². The maximum absolute atomic E-state index is 5.43. The summed E-state index contributed by atoms with van der Waals surface area (Å²) in [5.41, 5.74) is 2.22. The van der Waals surface area contributed by atoms with E-state index in [0.29, 0.717) is 13.2 Å². The second kappa shape index (κ2) is 13.8. The molecule has 0 amide bonds. The van der Waals surface area contributed by atoms with Crippen molar-refractivity contribution < 1.29 is 9.47 Å². The van der Waals surface area contributed by atoms with Gasteiger partial charge in [0.1, 0.15) is 0 Å². The SMILES string of the molecule is CN=C(NCCCOCCOC)NCCCn1cnc2ccccc21.I. The number of methoxy groups -OCH3 is 1. The lowest BCUT2D eigenvalue weighted by molar-refractivity contribution is 0.0698. The molecule has 8 heteroatoms. The quantitative estimate of drug-likeness (QED) is 0.226. The van der Waals surface area contributed by atoms with E-state index in [1.54, 1.807) is 14.2 Å². The molecular weight excluding hydrogens is 445 g/mol. The van der Waals surface area contributed by atoms with Crippen LogP contribution in [0, 0.1) is 0 Å². The Balaban J connectivity index is 0.00000338. The Morgan fingerprint density at radius 1 is 1.12 bits per heavy atom. The van der Waals surface area contributed by atoms with E-state index in [0.717, 1.165) is 50.6 Å². The van der Waals surface area contributed by atoms with Crippen molar-refractivity contribution in [1.29, 1.82) is 0 Å². The molecule has 2 N–H and O–H groups in total. The third-order valence-electron chi connectivity index (χ3n) is 3.81. The first-order valence-corrected chi connectivity index (χ1v) is 8.76. The molecule has 26 heavy (non-hydrogen) atoms. The molecule has 2 aromatic rings. The van der Waals surface area contributed by atoms with E-state index in [4.69, 9.17) is 9.47 Å². The standard InChI is InChI=1S/C18H29N5O2.HI/c1-19-18(21-10-6-12-25-14-13-24-2)20-9-5-11-23-15-22-16-7-3-4-8-17(16)23;/h3-4,7-8,15H,5-6,9-14H2,1-2H3,(H2,19,20,21);1H. The Morgan fingerprint density at radius 3 is 2.65 bits per heavy atom. The molecular formula is C18H30IN5O2. The normalized spacial score (nSPS) is 11.4. The van der Waals surface area contributed by atoms with E-state index >= 15 is 0 Å². The zero-order valence-corrected chi connectivity index (χ0v) is 17.9. The number of benzene rings is 1. The fraction of sp³-hybridized carbons (Fsp3) is 0.556. The van der Waals surface area contributed by atoms with Gasteiger partial charge in [0.15, 0.2) is 5.96 Å². The number of aromatic nitrogens is 2. The summed E-state index contributed by atoms with van der Waals surface area (Å²) in [5, 5.41) is 6.63. The van der Waals surface area contributed by atoms with Crippen LogP contribution in [0.25, 0.3) is 11.0 Å². The third-order valence-corrected chi connectivity index (χ3v) is 3.81. The summed E-state index contributed by atoms with van der Waals surface area (Å²) in [6.45, 7) is 4.63. The van der Waals surface area contributed by atoms with Gasteiger partial charge in [-0.2, -0.15) is 0 Å². The topological polar surface area (TPSA) is 72.7 Å². The molecule has 0 bridgehead atoms. The first kappa shape index (κ1) is 22.7. The lowest BCUT2D eigenvalue weighted by Gasteiger charge is -2.12. The monoisotopic (exact) mass is 475 g/mol. The lowest BCUT2D eigenvalue weighted by Crippen LogP contribution is -2.38. The summed E-state index contributed by atoms with van der Waals surface area (Å²) in [7, 11) is 3.46. The summed E-state index contributed by atoms with van der Waals surface area (Å²) in [5.74, 6) is 0.826. The van der Waals surface area contributed by atoms with Gasteiger partial charge in [0, 0.05) is 40.4 Å². The molecule has 0 aliphatic heterocycles. The van der Waals surface area contributed by atoms with Crippen LogP contribution in [0.1, 0.15) is 12.8 Å². The maximum Gasteiger partial charge on any atom is 0.190 e. The molecule has 146 valence electrons. The first-order valence-electron chi connectivity index (χ1n) is 8.76. The number of halogens is 1. The number of aliphatic imine (C=N–C) groups is 1. The van der Waals surface area contributed by atoms with Crippen molar-refractivity contribution in [2.45, 2.75) is 19.4 Å². The van der Waals surface area contributed by atoms with Gasteiger partial charge in [-0.15, -0.1) is 24.0 Å². The van der Waals surface area contributed by atoms with Crippen LogP contribution in [-0.2, 0) is 16.0 Å². The number of para-hydroxylation sites is 2. The number of ether oxygens (including phenoxy) is 2. The van der Waals surface area contributed by atoms with Crippen molar-refractivity contribution in [3.63, 3.8) is 0 Å². The molecule has 0 aliphatic carbocycles. The van der Waals surface area contributed by atoms with Gasteiger partial charge in [-0.1, -0.05) is 12.1 Å². The molecule has 0 aliphatic rings. The van der Waals surface area contributed by atoms with E-state index in [-0.39, 0.29) is 24.0 Å². The van der Waals surface area contributed by atoms with Crippen molar-refractivity contribution >= 4 is 41.0 Å². The van der Waals surface area contributed by atoms with Gasteiger partial charge < -0.3 is 24.7 Å². The lowest BCUT2D eigenvalue weighted by atomic mass is 10.3. The first-order chi connectivity index (χ1) is 12.3. The van der Waals surface area contributed by atoms with E-state index in [1.807, 2.05) is 24.5 Å². The minimum atomic E-state index is 0. The van der Waals surface area contributed by atoms with Gasteiger partial charge in [0.25, 0.3) is 0 Å². The Bertz CT molecular complexity index is 647. The number of nitrogens with zero attached hydrogens (tertiary/aromatic N) is 3. The van der Waals surface area contributed by atoms with Crippen molar-refractivity contribution in [1.82, 2.24) is 20.2 Å². The average molecular weight is 475 g/mol. The number of hydrogen-bond donors (Lipinski definition) is 2. The van der Waals surface area contributed by atoms with Gasteiger partial charge >= 0.3 is 0 Å². The highest BCUT2D eigenvalue weighted by molar-refractivity contribution is 14.0. The Labute approximate surface area is 172 Å². The van der Waals surface area contributed by atoms with Crippen LogP contribution >= 0.6 is 24.0 Å². The smallest absolute Gasteiger partial charge is 0.190 e. The van der Waals surface area contributed by atoms with Crippen LogP contribution in [0.2, 0.25) is 0 Å². The van der Waals surface area contributed by atoms with Gasteiger partial charge in [0.05, 0.1) is 30.6 Å². The molecule has 1 aromatic carbocycles. The molecule has 0 radical (unpaired) electrons. The Kier molecular flexibility index (Phi) is 12.0. The average Bonchev–Trinajstić information content (AvgIpc) is 3.06. The van der Waals surface area contributed by atoms with Gasteiger partial charge in [-0.05, 0) is 25.0 Å². The molecule has 1 aromatic heterocycles. The molecule has 2 rings (SSSR count). The van der Waals surface area contributed by atoms with Crippen LogP contribution in [0.4, 0.5) is 0 Å². The number of hydrogen-bond acceptors (Lipinski definition) is 4. The van der Waals surface area contributed by atoms with Crippen LogP contribution < -0.4 is 10.6 Å². The van der Waals surface area contributed by atoms with Gasteiger partial charge in [-0.3, -0.25) is 4.99 Å². The summed E-state index contributed by atoms with van der Waals surface area (Å²) < 4.78 is 12.5. The van der Waals surface area contributed by atoms with Crippen molar-refractivity contribution in [2.24, 2.45) is 4.99 Å². The predicted molar refractivity (Wildman–Crippen MR) is 116 cm³/mol. The summed E-state index contributed by atoms with van der Waals surface area (Å²) in [6, 6.07) is 8.20. The van der Waals surface area contributed by atoms with Crippen LogP contribution in [0.15, 0.2) is 35.6 Å². The van der Waals surface area contributed by atoms with Crippen LogP contribution in [0.3, 0.4) is 0 Å². The molecule has 0 atom stereocenters. The number of fused-ring (bicyclic) bond motifs is 1. The number of nitrogens with one attached hydrogen (secondary N) is 2. The highest BCUT2D eigenvalue weighted by Gasteiger charge is 2.01. The van der Waals surface area contributed by atoms with E-state index in [9.17, 15) is 0 Å². The largest absolute Gasteiger partial charge is 0.382 e. The maximum atomic E-state index is 5.43. The molecule has 1 heterocycles. The van der Waals surface area contributed by atoms with Gasteiger partial charge in [-0.25, -0.2) is 4.98 Å². The molecule has 0 unspecified atom stereocenters. The third kappa shape index (κ3) is 7.88. The predicted octanol–water partition coefficient (Wildman–Crippen LogP) is 2.26. The second-order valence-electron chi connectivity index (χ2n) is 5.66. The fourth-order valence-electron chi connectivity index (χ4n) is 2.49. The molecule has 0 fully saturated rings. The second-order valence-corrected chi connectivity index (χ2v) is 5.66. The van der Waals surface area contributed by atoms with Crippen molar-refractivity contribution in [3.8, 4) is 0 Å². The highest BCUT2D eigenvalue weighted by Crippen LogP contribution is 2.11. The molecule has 0 saturated heterocycles. The number of rotatable bonds is 11. The minimum Gasteiger partial charge on any atom is -0.382 e. The summed E-state index contributed by atoms with van der Waals surface area (Å²) in [4.78, 5) is 8.65. The number of imidazole rings is 1. The van der Waals surface area contributed by atoms with Gasteiger partial charge in [0.2, 0.25) is 0 Å². The highest BCUT2D eigenvalue weighted by atomic mass is 127. The van der Waals surface area contributed by atoms with Crippen molar-refractivity contribution in [2.75, 3.05) is 47.1 Å². The van der Waals surface area contributed by atoms with E-state index in [1.165, 1.54) is 5.52 Å².